The third-order valence-electron chi connectivity index (χ3n) is 9.96. The van der Waals surface area contributed by atoms with Crippen LogP contribution in [0.1, 0.15) is 105 Å². The lowest BCUT2D eigenvalue weighted by Gasteiger charge is -2.44. The molecule has 0 heterocycles. The van der Waals surface area contributed by atoms with E-state index >= 15 is 0 Å². The summed E-state index contributed by atoms with van der Waals surface area (Å²) in [7, 11) is 0. The van der Waals surface area contributed by atoms with Crippen LogP contribution in [0.5, 0.6) is 0 Å². The monoisotopic (exact) mass is 490 g/mol. The minimum Gasteiger partial charge on any atom is -0.393 e. The zero-order valence-electron chi connectivity index (χ0n) is 22.8. The third-order valence-corrected chi connectivity index (χ3v) is 9.96. The molecular formula is C31H51FO3. The lowest BCUT2D eigenvalue weighted by atomic mass is 9.62. The molecule has 0 unspecified atom stereocenters. The second-order valence-corrected chi connectivity index (χ2v) is 11.9. The summed E-state index contributed by atoms with van der Waals surface area (Å²) in [5.41, 5.74) is 3.38. The van der Waals surface area contributed by atoms with Gasteiger partial charge in [0.1, 0.15) is 0 Å². The van der Waals surface area contributed by atoms with E-state index in [2.05, 4.69) is 46.4 Å². The summed E-state index contributed by atoms with van der Waals surface area (Å²) >= 11 is 0. The molecule has 35 heavy (non-hydrogen) atoms. The summed E-state index contributed by atoms with van der Waals surface area (Å²) in [4.78, 5) is 0. The van der Waals surface area contributed by atoms with Gasteiger partial charge in [0, 0.05) is 6.61 Å². The topological polar surface area (TPSA) is 49.7 Å². The van der Waals surface area contributed by atoms with Gasteiger partial charge in [0.2, 0.25) is 0 Å². The highest BCUT2D eigenvalue weighted by Gasteiger charge is 2.51. The van der Waals surface area contributed by atoms with Crippen molar-refractivity contribution in [3.63, 3.8) is 0 Å². The number of alkyl halides is 1. The fourth-order valence-electron chi connectivity index (χ4n) is 7.45. The van der Waals surface area contributed by atoms with Gasteiger partial charge in [0.05, 0.1) is 24.5 Å². The van der Waals surface area contributed by atoms with Crippen LogP contribution in [0.2, 0.25) is 0 Å². The van der Waals surface area contributed by atoms with Crippen molar-refractivity contribution in [1.82, 2.24) is 0 Å². The summed E-state index contributed by atoms with van der Waals surface area (Å²) in [5, 5.41) is 20.9. The van der Waals surface area contributed by atoms with E-state index in [1.807, 2.05) is 0 Å². The van der Waals surface area contributed by atoms with Gasteiger partial charge in [-0.05, 0) is 118 Å². The molecule has 3 nitrogen and oxygen atoms in total. The minimum absolute atomic E-state index is 0.0597. The molecule has 0 bridgehead atoms. The molecule has 0 radical (unpaired) electrons. The SMILES string of the molecule is C=C1/C(=C\C=C2/CCC[C@]3(C)[C@@H]([C@H](C)OCCCC(O)(CC)CC)CC[C@@H]23)C[C@@H](O)C[C@@H]1CCF. The second-order valence-electron chi connectivity index (χ2n) is 11.9. The Bertz CT molecular complexity index is 767. The van der Waals surface area contributed by atoms with Crippen molar-refractivity contribution in [3.8, 4) is 0 Å². The molecular weight excluding hydrogens is 439 g/mol. The standard InChI is InChI=1S/C31H51FO3/c1-6-31(34,7-2)17-9-19-35-23(4)28-13-14-29-24(10-8-16-30(28,29)5)11-12-25-20-27(33)21-26(15-18-32)22(25)3/h11-12,23,26-29,33-34H,3,6-10,13-21H2,1-2,4-5H3/b24-11+,25-12-/t23-,26-,27+,28+,29-,30+/m0/s1. The number of fused-ring (bicyclic) bond motifs is 1. The Morgan fingerprint density at radius 2 is 2.00 bits per heavy atom. The van der Waals surface area contributed by atoms with E-state index in [9.17, 15) is 14.6 Å². The Kier molecular flexibility index (Phi) is 10.2. The number of rotatable bonds is 11. The Labute approximate surface area is 213 Å². The van der Waals surface area contributed by atoms with Gasteiger partial charge in [-0.3, -0.25) is 4.39 Å². The molecule has 0 aromatic heterocycles. The summed E-state index contributed by atoms with van der Waals surface area (Å²) in [5.74, 6) is 1.20. The van der Waals surface area contributed by atoms with Gasteiger partial charge in [-0.1, -0.05) is 45.1 Å². The number of hydrogen-bond acceptors (Lipinski definition) is 3. The molecule has 0 saturated heterocycles. The summed E-state index contributed by atoms with van der Waals surface area (Å²) < 4.78 is 19.3. The van der Waals surface area contributed by atoms with Gasteiger partial charge >= 0.3 is 0 Å². The predicted octanol–water partition coefficient (Wildman–Crippen LogP) is 7.48. The normalized spacial score (nSPS) is 35.0. The van der Waals surface area contributed by atoms with Crippen molar-refractivity contribution in [1.29, 1.82) is 0 Å². The Balaban J connectivity index is 1.63. The highest BCUT2D eigenvalue weighted by atomic mass is 19.1. The number of aliphatic hydroxyl groups excluding tert-OH is 1. The maximum atomic E-state index is 13.0. The number of halogens is 1. The fraction of sp³-hybridized carbons (Fsp3) is 0.806. The van der Waals surface area contributed by atoms with Crippen molar-refractivity contribution in [2.24, 2.45) is 23.2 Å². The van der Waals surface area contributed by atoms with Crippen LogP contribution in [0.3, 0.4) is 0 Å². The largest absolute Gasteiger partial charge is 0.393 e. The van der Waals surface area contributed by atoms with Gasteiger partial charge < -0.3 is 14.9 Å². The highest BCUT2D eigenvalue weighted by Crippen LogP contribution is 2.58. The average Bonchev–Trinajstić information content (AvgIpc) is 3.20. The Hall–Kier alpha value is -0.970. The molecule has 3 fully saturated rings. The van der Waals surface area contributed by atoms with Gasteiger partial charge in [-0.15, -0.1) is 0 Å². The van der Waals surface area contributed by atoms with Crippen molar-refractivity contribution >= 4 is 0 Å². The Morgan fingerprint density at radius 1 is 1.26 bits per heavy atom. The van der Waals surface area contributed by atoms with Crippen LogP contribution in [0, 0.1) is 23.2 Å². The van der Waals surface area contributed by atoms with Crippen molar-refractivity contribution < 1.29 is 19.3 Å². The second kappa shape index (κ2) is 12.5. The molecule has 3 saturated carbocycles. The van der Waals surface area contributed by atoms with Gasteiger partial charge in [-0.2, -0.15) is 0 Å². The van der Waals surface area contributed by atoms with Crippen molar-refractivity contribution in [2.75, 3.05) is 13.3 Å². The molecule has 0 aliphatic heterocycles. The first-order valence-corrected chi connectivity index (χ1v) is 14.3. The predicted molar refractivity (Wildman–Crippen MR) is 143 cm³/mol. The minimum atomic E-state index is -0.541. The first-order valence-electron chi connectivity index (χ1n) is 14.3. The molecule has 0 amide bonds. The molecule has 0 aromatic carbocycles. The van der Waals surface area contributed by atoms with E-state index in [-0.39, 0.29) is 24.1 Å². The quantitative estimate of drug-likeness (QED) is 0.295. The average molecular weight is 491 g/mol. The van der Waals surface area contributed by atoms with Gasteiger partial charge in [-0.25, -0.2) is 0 Å². The molecule has 4 heteroatoms. The molecule has 0 spiro atoms. The van der Waals surface area contributed by atoms with Crippen molar-refractivity contribution in [3.05, 3.63) is 35.5 Å². The summed E-state index contributed by atoms with van der Waals surface area (Å²) in [6.45, 7) is 13.5. The van der Waals surface area contributed by atoms with E-state index in [0.29, 0.717) is 31.1 Å². The van der Waals surface area contributed by atoms with Crippen molar-refractivity contribution in [2.45, 2.75) is 123 Å². The smallest absolute Gasteiger partial charge is 0.0900 e. The van der Waals surface area contributed by atoms with E-state index < -0.39 is 11.7 Å². The van der Waals surface area contributed by atoms with Gasteiger partial charge in [0.25, 0.3) is 0 Å². The molecule has 6 atom stereocenters. The first kappa shape index (κ1) is 28.6. The van der Waals surface area contributed by atoms with Crippen LogP contribution in [0.15, 0.2) is 35.5 Å². The van der Waals surface area contributed by atoms with E-state index in [4.69, 9.17) is 4.74 Å². The zero-order valence-corrected chi connectivity index (χ0v) is 22.8. The lowest BCUT2D eigenvalue weighted by Crippen LogP contribution is -2.39. The van der Waals surface area contributed by atoms with Crippen LogP contribution in [0.4, 0.5) is 4.39 Å². The van der Waals surface area contributed by atoms with Crippen LogP contribution in [-0.4, -0.2) is 41.3 Å². The molecule has 3 aliphatic rings. The maximum Gasteiger partial charge on any atom is 0.0900 e. The van der Waals surface area contributed by atoms with E-state index in [1.165, 1.54) is 31.3 Å². The van der Waals surface area contributed by atoms with Crippen LogP contribution in [0.25, 0.3) is 0 Å². The number of ether oxygens (including phenoxy) is 1. The number of hydrogen-bond donors (Lipinski definition) is 2. The number of aliphatic hydroxyl groups is 2. The maximum absolute atomic E-state index is 13.0. The van der Waals surface area contributed by atoms with Crippen LogP contribution < -0.4 is 0 Å². The first-order chi connectivity index (χ1) is 16.7. The van der Waals surface area contributed by atoms with Crippen LogP contribution in [-0.2, 0) is 4.74 Å². The third kappa shape index (κ3) is 6.67. The fourth-order valence-corrected chi connectivity index (χ4v) is 7.45. The molecule has 3 aliphatic carbocycles. The zero-order chi connectivity index (χ0) is 25.6. The van der Waals surface area contributed by atoms with Gasteiger partial charge in [0.15, 0.2) is 0 Å². The van der Waals surface area contributed by atoms with E-state index in [0.717, 1.165) is 49.9 Å². The summed E-state index contributed by atoms with van der Waals surface area (Å²) in [6.07, 6.45) is 15.4. The molecule has 0 aromatic rings. The molecule has 2 N–H and O–H groups in total. The Morgan fingerprint density at radius 3 is 2.69 bits per heavy atom. The van der Waals surface area contributed by atoms with Crippen LogP contribution >= 0.6 is 0 Å². The number of allylic oxidation sites excluding steroid dienone is 4. The summed E-state index contributed by atoms with van der Waals surface area (Å²) in [6, 6.07) is 0. The lowest BCUT2D eigenvalue weighted by molar-refractivity contribution is -0.0365. The molecule has 200 valence electrons. The molecule has 3 rings (SSSR count). The highest BCUT2D eigenvalue weighted by molar-refractivity contribution is 5.38. The van der Waals surface area contributed by atoms with E-state index in [1.54, 1.807) is 0 Å².